The van der Waals surface area contributed by atoms with Crippen LogP contribution < -0.4 is 5.73 Å². The molecule has 0 bridgehead atoms. The zero-order valence-corrected chi connectivity index (χ0v) is 10.8. The van der Waals surface area contributed by atoms with Gasteiger partial charge in [-0.2, -0.15) is 0 Å². The molecular formula is C13H15N3S. The molecule has 0 aliphatic carbocycles. The topological polar surface area (TPSA) is 43.3 Å². The Balaban J connectivity index is 2.47. The first-order chi connectivity index (χ1) is 8.22. The van der Waals surface area contributed by atoms with Gasteiger partial charge in [0.2, 0.25) is 0 Å². The molecule has 3 rings (SSSR count). The zero-order valence-electron chi connectivity index (χ0n) is 9.97. The first kappa shape index (κ1) is 10.7. The molecule has 17 heavy (non-hydrogen) atoms. The molecule has 2 heterocycles. The van der Waals surface area contributed by atoms with E-state index in [2.05, 4.69) is 47.5 Å². The SMILES string of the molecule is CC(C)c1nc(CN)n2c1sc1ccccc12. The summed E-state index contributed by atoms with van der Waals surface area (Å²) >= 11 is 1.80. The number of nitrogens with zero attached hydrogens (tertiary/aromatic N) is 2. The second-order valence-corrected chi connectivity index (χ2v) is 5.51. The molecule has 0 amide bonds. The Kier molecular flexibility index (Phi) is 2.42. The fourth-order valence-electron chi connectivity index (χ4n) is 2.16. The van der Waals surface area contributed by atoms with E-state index in [1.807, 2.05) is 0 Å². The van der Waals surface area contributed by atoms with Gasteiger partial charge >= 0.3 is 0 Å². The second-order valence-electron chi connectivity index (χ2n) is 4.48. The van der Waals surface area contributed by atoms with Crippen molar-refractivity contribution in [2.24, 2.45) is 5.73 Å². The van der Waals surface area contributed by atoms with Gasteiger partial charge in [-0.1, -0.05) is 26.0 Å². The third-order valence-corrected chi connectivity index (χ3v) is 4.12. The summed E-state index contributed by atoms with van der Waals surface area (Å²) < 4.78 is 3.50. The van der Waals surface area contributed by atoms with Crippen molar-refractivity contribution in [1.82, 2.24) is 9.38 Å². The van der Waals surface area contributed by atoms with E-state index in [9.17, 15) is 0 Å². The summed E-state index contributed by atoms with van der Waals surface area (Å²) in [6.45, 7) is 4.83. The van der Waals surface area contributed by atoms with E-state index in [1.165, 1.54) is 15.0 Å². The van der Waals surface area contributed by atoms with Crippen LogP contribution >= 0.6 is 11.3 Å². The Morgan fingerprint density at radius 3 is 2.82 bits per heavy atom. The largest absolute Gasteiger partial charge is 0.324 e. The Morgan fingerprint density at radius 1 is 1.35 bits per heavy atom. The molecule has 3 nitrogen and oxygen atoms in total. The zero-order chi connectivity index (χ0) is 12.0. The number of aromatic nitrogens is 2. The number of hydrogen-bond acceptors (Lipinski definition) is 3. The van der Waals surface area contributed by atoms with Crippen molar-refractivity contribution in [3.05, 3.63) is 35.8 Å². The average molecular weight is 245 g/mol. The highest BCUT2D eigenvalue weighted by atomic mass is 32.1. The highest BCUT2D eigenvalue weighted by molar-refractivity contribution is 7.24. The summed E-state index contributed by atoms with van der Waals surface area (Å²) in [5.74, 6) is 1.39. The van der Waals surface area contributed by atoms with E-state index in [1.54, 1.807) is 11.3 Å². The molecule has 4 heteroatoms. The molecule has 2 aromatic heterocycles. The maximum Gasteiger partial charge on any atom is 0.128 e. The molecule has 0 unspecified atom stereocenters. The third-order valence-electron chi connectivity index (χ3n) is 2.97. The molecule has 0 saturated heterocycles. The lowest BCUT2D eigenvalue weighted by atomic mass is 10.2. The summed E-state index contributed by atoms with van der Waals surface area (Å²) in [5.41, 5.74) is 8.17. The minimum Gasteiger partial charge on any atom is -0.324 e. The highest BCUT2D eigenvalue weighted by Gasteiger charge is 2.17. The maximum atomic E-state index is 5.80. The number of para-hydroxylation sites is 1. The first-order valence-corrected chi connectivity index (χ1v) is 6.63. The molecule has 0 aliphatic rings. The molecule has 0 aliphatic heterocycles. The lowest BCUT2D eigenvalue weighted by molar-refractivity contribution is 0.824. The van der Waals surface area contributed by atoms with Crippen LogP contribution in [0.5, 0.6) is 0 Å². The van der Waals surface area contributed by atoms with Crippen molar-refractivity contribution >= 4 is 26.4 Å². The van der Waals surface area contributed by atoms with Crippen LogP contribution in [0, 0.1) is 0 Å². The van der Waals surface area contributed by atoms with Crippen LogP contribution in [0.25, 0.3) is 15.0 Å². The van der Waals surface area contributed by atoms with Crippen molar-refractivity contribution in [1.29, 1.82) is 0 Å². The molecule has 1 aromatic carbocycles. The van der Waals surface area contributed by atoms with Gasteiger partial charge in [0.25, 0.3) is 0 Å². The Hall–Kier alpha value is -1.39. The van der Waals surface area contributed by atoms with Gasteiger partial charge in [-0.25, -0.2) is 4.98 Å². The number of nitrogens with two attached hydrogens (primary N) is 1. The first-order valence-electron chi connectivity index (χ1n) is 5.81. The fraction of sp³-hybridized carbons (Fsp3) is 0.308. The number of imidazole rings is 1. The Bertz CT molecular complexity index is 678. The van der Waals surface area contributed by atoms with Crippen molar-refractivity contribution in [2.45, 2.75) is 26.3 Å². The lowest BCUT2D eigenvalue weighted by Crippen LogP contribution is -2.02. The van der Waals surface area contributed by atoms with Crippen LogP contribution in [-0.4, -0.2) is 9.38 Å². The van der Waals surface area contributed by atoms with Gasteiger partial charge in [0.15, 0.2) is 0 Å². The molecule has 3 aromatic rings. The summed E-state index contributed by atoms with van der Waals surface area (Å²) in [5, 5.41) is 0. The minimum atomic E-state index is 0.429. The summed E-state index contributed by atoms with van der Waals surface area (Å²) in [6, 6.07) is 8.41. The van der Waals surface area contributed by atoms with Gasteiger partial charge < -0.3 is 5.73 Å². The number of thiazole rings is 1. The molecule has 2 N–H and O–H groups in total. The third kappa shape index (κ3) is 1.48. The highest BCUT2D eigenvalue weighted by Crippen LogP contribution is 2.32. The summed E-state index contributed by atoms with van der Waals surface area (Å²) in [7, 11) is 0. The summed E-state index contributed by atoms with van der Waals surface area (Å²) in [6.07, 6.45) is 0. The molecule has 0 saturated carbocycles. The van der Waals surface area contributed by atoms with Crippen LogP contribution in [0.3, 0.4) is 0 Å². The van der Waals surface area contributed by atoms with E-state index in [0.29, 0.717) is 12.5 Å². The van der Waals surface area contributed by atoms with Gasteiger partial charge in [-0.15, -0.1) is 11.3 Å². The standard InChI is InChI=1S/C13H15N3S/c1-8(2)12-13-16(11(7-14)15-12)9-5-3-4-6-10(9)17-13/h3-6,8H,7,14H2,1-2H3. The van der Waals surface area contributed by atoms with Gasteiger partial charge in [-0.05, 0) is 18.1 Å². The number of hydrogen-bond donors (Lipinski definition) is 1. The Morgan fingerprint density at radius 2 is 2.12 bits per heavy atom. The van der Waals surface area contributed by atoms with Crippen LogP contribution in [0.4, 0.5) is 0 Å². The molecule has 0 atom stereocenters. The quantitative estimate of drug-likeness (QED) is 0.753. The smallest absolute Gasteiger partial charge is 0.128 e. The Labute approximate surface area is 104 Å². The number of fused-ring (bicyclic) bond motifs is 3. The minimum absolute atomic E-state index is 0.429. The second kappa shape index (κ2) is 3.82. The van der Waals surface area contributed by atoms with Gasteiger partial charge in [0.05, 0.1) is 22.5 Å². The van der Waals surface area contributed by atoms with E-state index >= 15 is 0 Å². The van der Waals surface area contributed by atoms with Crippen molar-refractivity contribution in [3.8, 4) is 0 Å². The van der Waals surface area contributed by atoms with Crippen LogP contribution in [0.15, 0.2) is 24.3 Å². The maximum absolute atomic E-state index is 5.80. The van der Waals surface area contributed by atoms with Crippen LogP contribution in [0.2, 0.25) is 0 Å². The molecule has 0 spiro atoms. The summed E-state index contributed by atoms with van der Waals surface area (Å²) in [4.78, 5) is 5.90. The van der Waals surface area contributed by atoms with E-state index in [4.69, 9.17) is 5.73 Å². The van der Waals surface area contributed by atoms with Crippen molar-refractivity contribution < 1.29 is 0 Å². The van der Waals surface area contributed by atoms with Crippen molar-refractivity contribution in [3.63, 3.8) is 0 Å². The molecule has 0 radical (unpaired) electrons. The van der Waals surface area contributed by atoms with Gasteiger partial charge in [-0.3, -0.25) is 4.40 Å². The van der Waals surface area contributed by atoms with Gasteiger partial charge in [0, 0.05) is 0 Å². The number of rotatable bonds is 2. The lowest BCUT2D eigenvalue weighted by Gasteiger charge is -1.97. The van der Waals surface area contributed by atoms with E-state index < -0.39 is 0 Å². The average Bonchev–Trinajstić information content (AvgIpc) is 2.84. The van der Waals surface area contributed by atoms with Crippen LogP contribution in [-0.2, 0) is 6.54 Å². The van der Waals surface area contributed by atoms with E-state index in [0.717, 1.165) is 11.5 Å². The predicted octanol–water partition coefficient (Wildman–Crippen LogP) is 3.13. The van der Waals surface area contributed by atoms with Crippen LogP contribution in [0.1, 0.15) is 31.3 Å². The number of benzene rings is 1. The molecule has 0 fully saturated rings. The fourth-order valence-corrected chi connectivity index (χ4v) is 3.46. The van der Waals surface area contributed by atoms with Gasteiger partial charge in [0.1, 0.15) is 10.7 Å². The normalized spacial score (nSPS) is 12.0. The predicted molar refractivity (Wildman–Crippen MR) is 72.6 cm³/mol. The van der Waals surface area contributed by atoms with Crippen molar-refractivity contribution in [2.75, 3.05) is 0 Å². The van der Waals surface area contributed by atoms with E-state index in [-0.39, 0.29) is 0 Å². The monoisotopic (exact) mass is 245 g/mol. The molecule has 88 valence electrons. The molecular weight excluding hydrogens is 230 g/mol.